The average Bonchev–Trinajstić information content (AvgIpc) is 2.42. The molecule has 0 saturated carbocycles. The number of amides is 2. The average molecular weight is 231 g/mol. The summed E-state index contributed by atoms with van der Waals surface area (Å²) in [4.78, 5) is 43.9. The van der Waals surface area contributed by atoms with Crippen LogP contribution >= 0.6 is 11.8 Å². The Morgan fingerprint density at radius 3 is 2.53 bits per heavy atom. The van der Waals surface area contributed by atoms with E-state index in [9.17, 15) is 19.2 Å². The maximum absolute atomic E-state index is 11.4. The molecule has 0 aliphatic carbocycles. The molecule has 15 heavy (non-hydrogen) atoms. The minimum absolute atomic E-state index is 0.0407. The number of hydrogen-bond acceptors (Lipinski definition) is 6. The number of ketones is 1. The van der Waals surface area contributed by atoms with Crippen molar-refractivity contribution in [2.45, 2.75) is 13.3 Å². The van der Waals surface area contributed by atoms with Crippen LogP contribution in [0.2, 0.25) is 0 Å². The maximum Gasteiger partial charge on any atom is 0.264 e. The minimum Gasteiger partial charge on any atom is -0.298 e. The molecule has 1 unspecified atom stereocenters. The first kappa shape index (κ1) is 11.9. The van der Waals surface area contributed by atoms with Gasteiger partial charge < -0.3 is 0 Å². The van der Waals surface area contributed by atoms with Crippen molar-refractivity contribution >= 4 is 34.5 Å². The minimum atomic E-state index is -1.13. The molecule has 6 nitrogen and oxygen atoms in total. The Bertz CT molecular complexity index is 340. The summed E-state index contributed by atoms with van der Waals surface area (Å²) >= 11 is 0.779. The summed E-state index contributed by atoms with van der Waals surface area (Å²) in [6, 6.07) is 0. The van der Waals surface area contributed by atoms with Crippen molar-refractivity contribution in [2.75, 3.05) is 5.75 Å². The molecule has 0 radical (unpaired) electrons. The van der Waals surface area contributed by atoms with Gasteiger partial charge in [0.25, 0.3) is 11.8 Å². The molecule has 1 fully saturated rings. The molecule has 1 rings (SSSR count). The Balaban J connectivity index is 2.58. The Morgan fingerprint density at radius 1 is 1.53 bits per heavy atom. The van der Waals surface area contributed by atoms with Gasteiger partial charge in [-0.3, -0.25) is 24.4 Å². The Morgan fingerprint density at radius 2 is 2.13 bits per heavy atom. The topological polar surface area (TPSA) is 91.8 Å². The summed E-state index contributed by atoms with van der Waals surface area (Å²) in [6.07, 6.45) is -0.313. The summed E-state index contributed by atoms with van der Waals surface area (Å²) in [5.74, 6) is -3.48. The zero-order valence-electron chi connectivity index (χ0n) is 7.93. The molecule has 0 bridgehead atoms. The van der Waals surface area contributed by atoms with Crippen LogP contribution in [0.15, 0.2) is 0 Å². The second kappa shape index (κ2) is 4.54. The van der Waals surface area contributed by atoms with E-state index in [1.807, 2.05) is 0 Å². The number of carbonyl (C=O) groups is 4. The quantitative estimate of drug-likeness (QED) is 0.403. The van der Waals surface area contributed by atoms with Crippen molar-refractivity contribution in [3.63, 3.8) is 0 Å². The number of Topliss-reactive ketones (excluding diaryl/α,β-unsaturated/α-hetero) is 1. The number of hydrogen-bond donors (Lipinski definition) is 1. The highest BCUT2D eigenvalue weighted by molar-refractivity contribution is 8.14. The highest BCUT2D eigenvalue weighted by Crippen LogP contribution is 2.20. The molecule has 1 N–H and O–H groups in total. The number of imide groups is 1. The van der Waals surface area contributed by atoms with Crippen LogP contribution in [0.5, 0.6) is 0 Å². The van der Waals surface area contributed by atoms with E-state index < -0.39 is 23.5 Å². The lowest BCUT2D eigenvalue weighted by Gasteiger charge is -2.05. The van der Waals surface area contributed by atoms with Gasteiger partial charge in [0.1, 0.15) is 5.92 Å². The smallest absolute Gasteiger partial charge is 0.264 e. The third kappa shape index (κ3) is 2.63. The second-order valence-electron chi connectivity index (χ2n) is 3.05. The molecule has 1 aliphatic rings. The lowest BCUT2D eigenvalue weighted by Crippen LogP contribution is -2.30. The largest absolute Gasteiger partial charge is 0.298 e. The standard InChI is InChI=1S/C8H9NO5S/c1-4(10)15-3-6(11)5-2-7(12)9(14)8(5)13/h5,14H,2-3H2,1H3. The van der Waals surface area contributed by atoms with Crippen LogP contribution in [-0.2, 0) is 19.2 Å². The van der Waals surface area contributed by atoms with Crippen molar-refractivity contribution < 1.29 is 24.4 Å². The van der Waals surface area contributed by atoms with Crippen LogP contribution in [0, 0.1) is 5.92 Å². The molecule has 1 saturated heterocycles. The molecule has 1 aliphatic heterocycles. The van der Waals surface area contributed by atoms with E-state index >= 15 is 0 Å². The number of nitrogens with zero attached hydrogens (tertiary/aromatic N) is 1. The molecule has 7 heteroatoms. The molecule has 1 heterocycles. The predicted molar refractivity (Wildman–Crippen MR) is 49.9 cm³/mol. The van der Waals surface area contributed by atoms with Gasteiger partial charge in [-0.15, -0.1) is 0 Å². The summed E-state index contributed by atoms with van der Waals surface area (Å²) in [5, 5.41) is 8.60. The highest BCUT2D eigenvalue weighted by atomic mass is 32.2. The summed E-state index contributed by atoms with van der Waals surface area (Å²) in [7, 11) is 0. The van der Waals surface area contributed by atoms with Crippen LogP contribution in [0.3, 0.4) is 0 Å². The van der Waals surface area contributed by atoms with Gasteiger partial charge in [0.05, 0.1) is 5.75 Å². The van der Waals surface area contributed by atoms with Gasteiger partial charge in [0.2, 0.25) is 0 Å². The summed E-state index contributed by atoms with van der Waals surface area (Å²) in [5.41, 5.74) is 0. The van der Waals surface area contributed by atoms with Crippen LogP contribution < -0.4 is 0 Å². The van der Waals surface area contributed by atoms with E-state index in [0.29, 0.717) is 0 Å². The third-order valence-corrected chi connectivity index (χ3v) is 2.76. The van der Waals surface area contributed by atoms with E-state index in [4.69, 9.17) is 5.21 Å². The highest BCUT2D eigenvalue weighted by Gasteiger charge is 2.42. The first-order valence-corrected chi connectivity index (χ1v) is 5.13. The molecule has 0 aromatic rings. The predicted octanol–water partition coefficient (Wildman–Crippen LogP) is -0.401. The molecule has 82 valence electrons. The number of hydroxylamine groups is 2. The molecule has 0 aromatic carbocycles. The van der Waals surface area contributed by atoms with E-state index in [-0.39, 0.29) is 22.4 Å². The van der Waals surface area contributed by atoms with E-state index in [1.165, 1.54) is 6.92 Å². The van der Waals surface area contributed by atoms with Crippen LogP contribution in [0.4, 0.5) is 0 Å². The van der Waals surface area contributed by atoms with E-state index in [1.54, 1.807) is 0 Å². The van der Waals surface area contributed by atoms with Gasteiger partial charge >= 0.3 is 0 Å². The SMILES string of the molecule is CC(=O)SCC(=O)C1CC(=O)N(O)C1=O. The van der Waals surface area contributed by atoms with Crippen LogP contribution in [0.25, 0.3) is 0 Å². The lowest BCUT2D eigenvalue weighted by atomic mass is 10.0. The van der Waals surface area contributed by atoms with Crippen LogP contribution in [0.1, 0.15) is 13.3 Å². The van der Waals surface area contributed by atoms with Gasteiger partial charge in [-0.1, -0.05) is 11.8 Å². The molecule has 2 amide bonds. The fourth-order valence-electron chi connectivity index (χ4n) is 1.14. The van der Waals surface area contributed by atoms with E-state index in [0.717, 1.165) is 11.8 Å². The Kier molecular flexibility index (Phi) is 3.59. The first-order valence-electron chi connectivity index (χ1n) is 4.15. The monoisotopic (exact) mass is 231 g/mol. The van der Waals surface area contributed by atoms with Crippen molar-refractivity contribution in [1.82, 2.24) is 5.06 Å². The summed E-state index contributed by atoms with van der Waals surface area (Å²) in [6.45, 7) is 1.30. The Labute approximate surface area is 89.6 Å². The second-order valence-corrected chi connectivity index (χ2v) is 4.20. The van der Waals surface area contributed by atoms with Gasteiger partial charge in [0.15, 0.2) is 10.9 Å². The van der Waals surface area contributed by atoms with Gasteiger partial charge in [0, 0.05) is 13.3 Å². The van der Waals surface area contributed by atoms with Gasteiger partial charge in [-0.2, -0.15) is 5.06 Å². The van der Waals surface area contributed by atoms with Crippen molar-refractivity contribution in [3.8, 4) is 0 Å². The van der Waals surface area contributed by atoms with Crippen molar-refractivity contribution in [1.29, 1.82) is 0 Å². The number of rotatable bonds is 3. The van der Waals surface area contributed by atoms with Gasteiger partial charge in [-0.25, -0.2) is 0 Å². The van der Waals surface area contributed by atoms with E-state index in [2.05, 4.69) is 0 Å². The first-order chi connectivity index (χ1) is 6.93. The molecular weight excluding hydrogens is 222 g/mol. The normalized spacial score (nSPS) is 20.9. The number of thioether (sulfide) groups is 1. The van der Waals surface area contributed by atoms with Crippen molar-refractivity contribution in [2.24, 2.45) is 5.92 Å². The maximum atomic E-state index is 11.4. The summed E-state index contributed by atoms with van der Waals surface area (Å²) < 4.78 is 0. The molecule has 0 aromatic heterocycles. The Hall–Kier alpha value is -1.21. The third-order valence-electron chi connectivity index (χ3n) is 1.93. The number of carbonyl (C=O) groups excluding carboxylic acids is 4. The fourth-order valence-corrected chi connectivity index (χ4v) is 1.69. The zero-order valence-corrected chi connectivity index (χ0v) is 8.74. The fraction of sp³-hybridized carbons (Fsp3) is 0.500. The molecule has 0 spiro atoms. The van der Waals surface area contributed by atoms with Crippen molar-refractivity contribution in [3.05, 3.63) is 0 Å². The lowest BCUT2D eigenvalue weighted by molar-refractivity contribution is -0.172. The molecule has 1 atom stereocenters. The molecular formula is C8H9NO5S. The van der Waals surface area contributed by atoms with Crippen LogP contribution in [-0.4, -0.2) is 38.7 Å². The zero-order chi connectivity index (χ0) is 11.6. The van der Waals surface area contributed by atoms with Gasteiger partial charge in [-0.05, 0) is 0 Å².